The average Bonchev–Trinajstić information content (AvgIpc) is 3.11. The summed E-state index contributed by atoms with van der Waals surface area (Å²) in [5, 5.41) is 0. The molecule has 0 nitrogen and oxygen atoms in total. The fourth-order valence-corrected chi connectivity index (χ4v) is 26.5. The molecule has 0 fully saturated rings. The van der Waals surface area contributed by atoms with Gasteiger partial charge in [0.1, 0.15) is 0 Å². The van der Waals surface area contributed by atoms with Crippen LogP contribution in [0.1, 0.15) is 54.4 Å². The second kappa shape index (κ2) is 9.18. The number of rotatable bonds is 3. The van der Waals surface area contributed by atoms with E-state index in [-0.39, 0.29) is 24.8 Å². The third kappa shape index (κ3) is 4.14. The van der Waals surface area contributed by atoms with Crippen molar-refractivity contribution in [2.24, 2.45) is 5.92 Å². The molecule has 0 N–H and O–H groups in total. The predicted octanol–water partition coefficient (Wildman–Crippen LogP) is 1.13. The third-order valence-electron chi connectivity index (χ3n) is 6.26. The van der Waals surface area contributed by atoms with Gasteiger partial charge in [0.2, 0.25) is 0 Å². The molecule has 0 heterocycles. The van der Waals surface area contributed by atoms with E-state index < -0.39 is 21.5 Å². The smallest absolute Gasteiger partial charge is 1.00 e. The van der Waals surface area contributed by atoms with E-state index in [2.05, 4.69) is 78.9 Å². The van der Waals surface area contributed by atoms with Crippen molar-refractivity contribution in [1.29, 1.82) is 0 Å². The summed E-state index contributed by atoms with van der Waals surface area (Å²) < 4.78 is 5.62. The van der Waals surface area contributed by atoms with Crippen LogP contribution in [0.2, 0.25) is 13.1 Å². The summed E-state index contributed by atoms with van der Waals surface area (Å²) in [5.41, 5.74) is 7.84. The monoisotopic (exact) mass is 455 g/mol. The van der Waals surface area contributed by atoms with Gasteiger partial charge in [0.15, 0.2) is 0 Å². The van der Waals surface area contributed by atoms with Gasteiger partial charge in [-0.2, -0.15) is 0 Å². The second-order valence-electron chi connectivity index (χ2n) is 8.71. The Balaban J connectivity index is 0.00000182. The Morgan fingerprint density at radius 1 is 0.815 bits per heavy atom. The minimum Gasteiger partial charge on any atom is -1.00 e. The van der Waals surface area contributed by atoms with Gasteiger partial charge in [0.05, 0.1) is 0 Å². The molecule has 0 amide bonds. The van der Waals surface area contributed by atoms with Gasteiger partial charge in [-0.25, -0.2) is 0 Å². The molecule has 3 rings (SSSR count). The topological polar surface area (TPSA) is 0 Å². The normalized spacial score (nSPS) is 21.6. The molecule has 1 unspecified atom stereocenters. The molecule has 0 spiro atoms. The molecular formula is C23H33Cl2SiTi. The molecule has 0 aromatic heterocycles. The zero-order valence-corrected chi connectivity index (χ0v) is 22.1. The van der Waals surface area contributed by atoms with E-state index in [9.17, 15) is 0 Å². The summed E-state index contributed by atoms with van der Waals surface area (Å²) in [5.74, 6) is 0.627. The Hall–Kier alpha value is -0.0488. The first-order valence-electron chi connectivity index (χ1n) is 9.63. The Bertz CT molecular complexity index is 841. The molecule has 0 aromatic carbocycles. The van der Waals surface area contributed by atoms with Gasteiger partial charge in [-0.15, -0.1) is 0 Å². The molecule has 0 aromatic rings. The Labute approximate surface area is 182 Å². The standard InChI is InChI=1S/3C7H9.C2H6Si.2ClH.Ti/c3*1-6-3-4-7(2)5-6;1-3-2;;;/h2*5H,3H2,1-2H3;3,5,7H,1-2H3;1-2H3;2*1H;/q;;;;;;+2/p-2. The summed E-state index contributed by atoms with van der Waals surface area (Å²) in [6.45, 7) is 19.4. The maximum atomic E-state index is 2.62. The van der Waals surface area contributed by atoms with Crippen LogP contribution in [0.25, 0.3) is 0 Å². The quantitative estimate of drug-likeness (QED) is 0.559. The van der Waals surface area contributed by atoms with Crippen LogP contribution in [0.15, 0.2) is 63.8 Å². The summed E-state index contributed by atoms with van der Waals surface area (Å²) >= 11 is -2.52. The number of hydrogen-bond acceptors (Lipinski definition) is 0. The minimum atomic E-state index is -2.52. The molecule has 0 radical (unpaired) electrons. The second-order valence-corrected chi connectivity index (χ2v) is 23.6. The summed E-state index contributed by atoms with van der Waals surface area (Å²) in [6.07, 6.45) is 12.1. The van der Waals surface area contributed by atoms with Crippen molar-refractivity contribution in [1.82, 2.24) is 0 Å². The number of hydrogen-bond donors (Lipinski definition) is 0. The van der Waals surface area contributed by atoms with Crippen LogP contribution in [0.4, 0.5) is 0 Å². The third-order valence-corrected chi connectivity index (χ3v) is 25.4. The van der Waals surface area contributed by atoms with Crippen molar-refractivity contribution in [3.8, 4) is 0 Å². The summed E-state index contributed by atoms with van der Waals surface area (Å²) in [7, 11) is 0. The molecule has 27 heavy (non-hydrogen) atoms. The first kappa shape index (κ1) is 25.0. The fraction of sp³-hybridized carbons (Fsp3) is 0.478. The Morgan fingerprint density at radius 3 is 1.52 bits per heavy atom. The van der Waals surface area contributed by atoms with Gasteiger partial charge in [0.25, 0.3) is 0 Å². The minimum absolute atomic E-state index is 0. The fourth-order valence-electron chi connectivity index (χ4n) is 5.49. The molecule has 147 valence electrons. The predicted molar refractivity (Wildman–Crippen MR) is 111 cm³/mol. The van der Waals surface area contributed by atoms with E-state index in [0.717, 1.165) is 0 Å². The van der Waals surface area contributed by atoms with Gasteiger partial charge in [-0.1, -0.05) is 0 Å². The van der Waals surface area contributed by atoms with Crippen molar-refractivity contribution in [3.05, 3.63) is 63.8 Å². The summed E-state index contributed by atoms with van der Waals surface area (Å²) in [6, 6.07) is 0. The van der Waals surface area contributed by atoms with Crippen LogP contribution in [-0.4, -0.2) is 6.19 Å². The zero-order chi connectivity index (χ0) is 18.5. The van der Waals surface area contributed by atoms with E-state index in [1.54, 1.807) is 22.3 Å². The van der Waals surface area contributed by atoms with E-state index in [1.165, 1.54) is 18.4 Å². The van der Waals surface area contributed by atoms with Gasteiger partial charge in [-0.3, -0.25) is 0 Å². The van der Waals surface area contributed by atoms with Crippen molar-refractivity contribution in [2.75, 3.05) is 0 Å². The molecular weight excluding hydrogens is 423 g/mol. The van der Waals surface area contributed by atoms with Crippen LogP contribution in [0, 0.1) is 5.92 Å². The molecule has 0 saturated heterocycles. The van der Waals surface area contributed by atoms with Crippen molar-refractivity contribution >= 4 is 6.19 Å². The molecule has 0 saturated carbocycles. The molecule has 4 heteroatoms. The van der Waals surface area contributed by atoms with E-state index >= 15 is 0 Å². The average molecular weight is 456 g/mol. The Kier molecular flexibility index (Phi) is 8.50. The van der Waals surface area contributed by atoms with E-state index in [0.29, 0.717) is 5.92 Å². The van der Waals surface area contributed by atoms with E-state index in [1.807, 2.05) is 11.6 Å². The van der Waals surface area contributed by atoms with Crippen LogP contribution < -0.4 is 24.8 Å². The van der Waals surface area contributed by atoms with Gasteiger partial charge < -0.3 is 24.8 Å². The number of halogens is 2. The Morgan fingerprint density at radius 2 is 1.26 bits per heavy atom. The molecule has 0 bridgehead atoms. The molecule has 1 atom stereocenters. The molecule has 3 aliphatic rings. The SMILES string of the molecule is CC1=CC(C)[C]([Ti+2]([C]2=C(C)C=C(C)C2)([C]2=C(C)C=C(C)C2)=[Si](C)C)=C1.[Cl-].[Cl-]. The van der Waals surface area contributed by atoms with Gasteiger partial charge in [0, 0.05) is 0 Å². The zero-order valence-electron chi connectivity index (χ0n) is 18.1. The number of allylic oxidation sites excluding steroid dienone is 12. The van der Waals surface area contributed by atoms with Crippen LogP contribution in [-0.2, 0) is 15.3 Å². The van der Waals surface area contributed by atoms with Crippen molar-refractivity contribution in [3.63, 3.8) is 0 Å². The van der Waals surface area contributed by atoms with Crippen LogP contribution in [0.3, 0.4) is 0 Å². The molecule has 0 aliphatic heterocycles. The van der Waals surface area contributed by atoms with Crippen molar-refractivity contribution in [2.45, 2.75) is 67.5 Å². The molecule has 3 aliphatic carbocycles. The largest absolute Gasteiger partial charge is 1.00 e. The van der Waals surface area contributed by atoms with Gasteiger partial charge >= 0.3 is 159 Å². The maximum absolute atomic E-state index is 2.62. The first-order valence-corrected chi connectivity index (χ1v) is 16.8. The van der Waals surface area contributed by atoms with Gasteiger partial charge in [-0.05, 0) is 0 Å². The van der Waals surface area contributed by atoms with Crippen LogP contribution in [0.5, 0.6) is 0 Å². The summed E-state index contributed by atoms with van der Waals surface area (Å²) in [4.78, 5) is 0. The maximum Gasteiger partial charge on any atom is -1.00 e. The van der Waals surface area contributed by atoms with Crippen molar-refractivity contribution < 1.29 is 40.1 Å². The first-order chi connectivity index (χ1) is 11.7. The van der Waals surface area contributed by atoms with E-state index in [4.69, 9.17) is 0 Å². The van der Waals surface area contributed by atoms with Crippen LogP contribution >= 0.6 is 0 Å².